The number of hydrogen-bond acceptors (Lipinski definition) is 7. The van der Waals surface area contributed by atoms with Crippen molar-refractivity contribution in [1.29, 1.82) is 0 Å². The van der Waals surface area contributed by atoms with Crippen LogP contribution in [0.1, 0.15) is 52.0 Å². The van der Waals surface area contributed by atoms with E-state index >= 15 is 0 Å². The first-order valence-electron chi connectivity index (χ1n) is 10.2. The number of aromatic nitrogens is 2. The first kappa shape index (κ1) is 25.0. The minimum atomic E-state index is -0.574. The SMILES string of the molecule is COCCn1c(=O)n(CC(C)(C)C)c(=O)c2c(C)c(C=NCC(=O)OC(C)(C)C)sc21. The number of carbonyl (C=O) groups is 1. The Balaban J connectivity index is 2.55. The van der Waals surface area contributed by atoms with Crippen LogP contribution in [-0.4, -0.2) is 47.2 Å². The molecule has 2 aromatic heterocycles. The average molecular weight is 452 g/mol. The highest BCUT2D eigenvalue weighted by Crippen LogP contribution is 2.27. The zero-order chi connectivity index (χ0) is 23.6. The van der Waals surface area contributed by atoms with Crippen molar-refractivity contribution < 1.29 is 14.3 Å². The molecule has 0 aliphatic carbocycles. The van der Waals surface area contributed by atoms with Gasteiger partial charge in [0.2, 0.25) is 0 Å². The van der Waals surface area contributed by atoms with E-state index in [9.17, 15) is 14.4 Å². The zero-order valence-electron chi connectivity index (χ0n) is 19.7. The Kier molecular flexibility index (Phi) is 7.65. The number of hydrogen-bond donors (Lipinski definition) is 0. The zero-order valence-corrected chi connectivity index (χ0v) is 20.5. The number of fused-ring (bicyclic) bond motifs is 1. The van der Waals surface area contributed by atoms with Crippen LogP contribution in [0, 0.1) is 12.3 Å². The third kappa shape index (κ3) is 6.36. The number of nitrogens with zero attached hydrogens (tertiary/aromatic N) is 3. The maximum atomic E-state index is 13.2. The van der Waals surface area contributed by atoms with Crippen molar-refractivity contribution in [3.63, 3.8) is 0 Å². The molecule has 0 atom stereocenters. The third-order valence-corrected chi connectivity index (χ3v) is 5.58. The van der Waals surface area contributed by atoms with Crippen molar-refractivity contribution in [3.8, 4) is 0 Å². The van der Waals surface area contributed by atoms with Gasteiger partial charge in [0.25, 0.3) is 5.56 Å². The smallest absolute Gasteiger partial charge is 0.332 e. The van der Waals surface area contributed by atoms with Crippen LogP contribution < -0.4 is 11.2 Å². The van der Waals surface area contributed by atoms with E-state index in [1.165, 1.54) is 15.9 Å². The molecule has 0 radical (unpaired) electrons. The van der Waals surface area contributed by atoms with E-state index in [0.29, 0.717) is 29.9 Å². The van der Waals surface area contributed by atoms with Crippen LogP contribution in [0.2, 0.25) is 0 Å². The number of ether oxygens (including phenoxy) is 2. The predicted molar refractivity (Wildman–Crippen MR) is 125 cm³/mol. The molecule has 0 aliphatic rings. The van der Waals surface area contributed by atoms with Crippen molar-refractivity contribution in [3.05, 3.63) is 31.3 Å². The third-order valence-electron chi connectivity index (χ3n) is 4.33. The molecule has 0 unspecified atom stereocenters. The molecular formula is C22H33N3O5S. The molecule has 31 heavy (non-hydrogen) atoms. The van der Waals surface area contributed by atoms with Gasteiger partial charge in [-0.2, -0.15) is 0 Å². The molecule has 0 spiro atoms. The number of aryl methyl sites for hydroxylation is 1. The second-order valence-corrected chi connectivity index (χ2v) is 10.7. The molecule has 0 aromatic carbocycles. The van der Waals surface area contributed by atoms with Gasteiger partial charge >= 0.3 is 11.7 Å². The number of aliphatic imine (C=N–C) groups is 1. The van der Waals surface area contributed by atoms with E-state index in [-0.39, 0.29) is 23.2 Å². The summed E-state index contributed by atoms with van der Waals surface area (Å²) in [6, 6.07) is 0. The maximum absolute atomic E-state index is 13.2. The summed E-state index contributed by atoms with van der Waals surface area (Å²) in [6.07, 6.45) is 1.57. The lowest BCUT2D eigenvalue weighted by Crippen LogP contribution is -2.42. The van der Waals surface area contributed by atoms with Gasteiger partial charge in [0.05, 0.1) is 23.4 Å². The van der Waals surface area contributed by atoms with Crippen molar-refractivity contribution in [2.45, 2.75) is 67.2 Å². The lowest BCUT2D eigenvalue weighted by Gasteiger charge is -2.20. The Morgan fingerprint density at radius 2 is 1.77 bits per heavy atom. The normalized spacial score (nSPS) is 12.8. The first-order chi connectivity index (χ1) is 14.2. The Morgan fingerprint density at radius 1 is 1.13 bits per heavy atom. The van der Waals surface area contributed by atoms with Gasteiger partial charge in [-0.3, -0.25) is 23.7 Å². The molecular weight excluding hydrogens is 418 g/mol. The number of esters is 1. The molecule has 172 valence electrons. The van der Waals surface area contributed by atoms with E-state index in [4.69, 9.17) is 9.47 Å². The molecule has 0 aliphatic heterocycles. The molecule has 2 aromatic rings. The van der Waals surface area contributed by atoms with Crippen LogP contribution in [0.3, 0.4) is 0 Å². The van der Waals surface area contributed by atoms with Gasteiger partial charge in [0, 0.05) is 19.9 Å². The van der Waals surface area contributed by atoms with Crippen molar-refractivity contribution >= 4 is 33.7 Å². The Labute approximate surface area is 186 Å². The molecule has 0 amide bonds. The Morgan fingerprint density at radius 3 is 2.32 bits per heavy atom. The molecule has 0 N–H and O–H groups in total. The van der Waals surface area contributed by atoms with Gasteiger partial charge in [0.1, 0.15) is 17.0 Å². The maximum Gasteiger partial charge on any atom is 0.332 e. The largest absolute Gasteiger partial charge is 0.459 e. The summed E-state index contributed by atoms with van der Waals surface area (Å²) in [7, 11) is 1.57. The summed E-state index contributed by atoms with van der Waals surface area (Å²) < 4.78 is 13.3. The molecule has 8 nitrogen and oxygen atoms in total. The number of rotatable bonds is 7. The fourth-order valence-corrected chi connectivity index (χ4v) is 4.32. The van der Waals surface area contributed by atoms with E-state index in [1.807, 2.05) is 27.7 Å². The number of thiophene rings is 1. The fraction of sp³-hybridized carbons (Fsp3) is 0.636. The quantitative estimate of drug-likeness (QED) is 0.477. The summed E-state index contributed by atoms with van der Waals surface area (Å²) in [6.45, 7) is 14.1. The van der Waals surface area contributed by atoms with Crippen molar-refractivity contribution in [2.24, 2.45) is 10.4 Å². The molecule has 0 saturated carbocycles. The standard InChI is InChI=1S/C22H33N3O5S/c1-14-15(11-23-12-16(26)30-22(5,6)7)31-19-17(14)18(27)25(13-21(2,3)4)20(28)24(19)9-10-29-8/h11H,9-10,12-13H2,1-8H3. The summed E-state index contributed by atoms with van der Waals surface area (Å²) >= 11 is 1.31. The van der Waals surface area contributed by atoms with Crippen LogP contribution in [0.15, 0.2) is 14.6 Å². The van der Waals surface area contributed by atoms with Gasteiger partial charge < -0.3 is 9.47 Å². The highest BCUT2D eigenvalue weighted by molar-refractivity contribution is 7.20. The minimum absolute atomic E-state index is 0.115. The Bertz CT molecular complexity index is 1090. The average Bonchev–Trinajstić information content (AvgIpc) is 2.93. The van der Waals surface area contributed by atoms with Crippen molar-refractivity contribution in [2.75, 3.05) is 20.3 Å². The van der Waals surface area contributed by atoms with Crippen LogP contribution in [0.4, 0.5) is 0 Å². The lowest BCUT2D eigenvalue weighted by molar-refractivity contribution is -0.152. The van der Waals surface area contributed by atoms with E-state index in [0.717, 1.165) is 10.4 Å². The van der Waals surface area contributed by atoms with Gasteiger partial charge in [-0.15, -0.1) is 11.3 Å². The van der Waals surface area contributed by atoms with Gasteiger partial charge in [0.15, 0.2) is 0 Å². The summed E-state index contributed by atoms with van der Waals surface area (Å²) in [4.78, 5) is 43.8. The predicted octanol–water partition coefficient (Wildman–Crippen LogP) is 2.99. The van der Waals surface area contributed by atoms with E-state index in [1.54, 1.807) is 38.7 Å². The van der Waals surface area contributed by atoms with Gasteiger partial charge in [-0.25, -0.2) is 4.79 Å². The second kappa shape index (κ2) is 9.48. The van der Waals surface area contributed by atoms with E-state index in [2.05, 4.69) is 4.99 Å². The minimum Gasteiger partial charge on any atom is -0.459 e. The Hall–Kier alpha value is -2.26. The number of carbonyl (C=O) groups excluding carboxylic acids is 1. The van der Waals surface area contributed by atoms with Crippen LogP contribution >= 0.6 is 11.3 Å². The molecule has 2 heterocycles. The lowest BCUT2D eigenvalue weighted by atomic mass is 9.97. The topological polar surface area (TPSA) is 91.9 Å². The molecule has 0 bridgehead atoms. The molecule has 0 saturated heterocycles. The summed E-state index contributed by atoms with van der Waals surface area (Å²) in [5.74, 6) is -0.424. The number of methoxy groups -OCH3 is 1. The molecule has 2 rings (SSSR count). The highest BCUT2D eigenvalue weighted by atomic mass is 32.1. The van der Waals surface area contributed by atoms with E-state index < -0.39 is 11.6 Å². The first-order valence-corrected chi connectivity index (χ1v) is 11.0. The monoisotopic (exact) mass is 451 g/mol. The molecule has 9 heteroatoms. The fourth-order valence-electron chi connectivity index (χ4n) is 3.11. The summed E-state index contributed by atoms with van der Waals surface area (Å²) in [5.41, 5.74) is -0.716. The highest BCUT2D eigenvalue weighted by Gasteiger charge is 2.22. The van der Waals surface area contributed by atoms with Crippen LogP contribution in [-0.2, 0) is 27.4 Å². The summed E-state index contributed by atoms with van der Waals surface area (Å²) in [5, 5.41) is 0.503. The second-order valence-electron chi connectivity index (χ2n) is 9.71. The van der Waals surface area contributed by atoms with Crippen molar-refractivity contribution in [1.82, 2.24) is 9.13 Å². The van der Waals surface area contributed by atoms with Crippen LogP contribution in [0.25, 0.3) is 10.2 Å². The van der Waals surface area contributed by atoms with Gasteiger partial charge in [-0.05, 0) is 38.7 Å². The van der Waals surface area contributed by atoms with Gasteiger partial charge in [-0.1, -0.05) is 20.8 Å². The molecule has 0 fully saturated rings. The van der Waals surface area contributed by atoms with Crippen LogP contribution in [0.5, 0.6) is 0 Å².